The van der Waals surface area contributed by atoms with Gasteiger partial charge in [0.2, 0.25) is 5.13 Å². The minimum atomic E-state index is 0.668. The van der Waals surface area contributed by atoms with Crippen molar-refractivity contribution < 1.29 is 4.74 Å². The molecule has 0 amide bonds. The maximum Gasteiger partial charge on any atom is 0.210 e. The smallest absolute Gasteiger partial charge is 0.210 e. The van der Waals surface area contributed by atoms with Crippen molar-refractivity contribution in [2.24, 2.45) is 0 Å². The van der Waals surface area contributed by atoms with Crippen LogP contribution in [0.25, 0.3) is 0 Å². The average molecular weight is 378 g/mol. The summed E-state index contributed by atoms with van der Waals surface area (Å²) in [5.74, 6) is 1.83. The van der Waals surface area contributed by atoms with E-state index in [1.807, 2.05) is 36.4 Å². The molecular formula is C17H16ClN3OS2. The molecule has 3 rings (SSSR count). The lowest BCUT2D eigenvalue weighted by Gasteiger charge is -2.03. The minimum Gasteiger partial charge on any atom is -0.497 e. The molecule has 0 radical (unpaired) electrons. The fourth-order valence-electron chi connectivity index (χ4n) is 2.04. The van der Waals surface area contributed by atoms with Crippen molar-refractivity contribution in [1.82, 2.24) is 10.2 Å². The van der Waals surface area contributed by atoms with Crippen LogP contribution in [-0.4, -0.2) is 23.1 Å². The highest BCUT2D eigenvalue weighted by Crippen LogP contribution is 2.30. The number of hydrogen-bond donors (Lipinski definition) is 1. The number of nitrogens with one attached hydrogen (secondary N) is 1. The predicted molar refractivity (Wildman–Crippen MR) is 102 cm³/mol. The number of methoxy groups -OCH3 is 1. The number of para-hydroxylation sites is 1. The lowest BCUT2D eigenvalue weighted by Crippen LogP contribution is -1.89. The number of halogens is 1. The van der Waals surface area contributed by atoms with Gasteiger partial charge in [0.1, 0.15) is 5.75 Å². The van der Waals surface area contributed by atoms with Crippen LogP contribution in [0.1, 0.15) is 5.56 Å². The molecule has 124 valence electrons. The van der Waals surface area contributed by atoms with Gasteiger partial charge in [-0.05, 0) is 36.2 Å². The molecule has 0 aliphatic carbocycles. The van der Waals surface area contributed by atoms with Gasteiger partial charge in [0, 0.05) is 5.75 Å². The quantitative estimate of drug-likeness (QED) is 0.567. The second kappa shape index (κ2) is 8.37. The highest BCUT2D eigenvalue weighted by Gasteiger charge is 2.07. The first kappa shape index (κ1) is 17.1. The van der Waals surface area contributed by atoms with Gasteiger partial charge in [-0.15, -0.1) is 10.2 Å². The summed E-state index contributed by atoms with van der Waals surface area (Å²) in [6.07, 6.45) is 0.974. The lowest BCUT2D eigenvalue weighted by molar-refractivity contribution is 0.414. The van der Waals surface area contributed by atoms with Crippen LogP contribution in [0.3, 0.4) is 0 Å². The standard InChI is InChI=1S/C17H16ClN3OS2/c1-22-13-8-6-12(7-9-13)10-11-23-17-21-20-16(24-17)19-15-5-3-2-4-14(15)18/h2-9H,10-11H2,1H3,(H,19,20). The van der Waals surface area contributed by atoms with Gasteiger partial charge in [-0.25, -0.2) is 0 Å². The normalized spacial score (nSPS) is 10.6. The van der Waals surface area contributed by atoms with E-state index >= 15 is 0 Å². The van der Waals surface area contributed by atoms with Crippen LogP contribution in [0.5, 0.6) is 5.75 Å². The number of nitrogens with zero attached hydrogens (tertiary/aromatic N) is 2. The summed E-state index contributed by atoms with van der Waals surface area (Å²) in [6, 6.07) is 15.7. The summed E-state index contributed by atoms with van der Waals surface area (Å²) in [7, 11) is 1.68. The Labute approximate surface area is 154 Å². The summed E-state index contributed by atoms with van der Waals surface area (Å²) in [5.41, 5.74) is 2.12. The third-order valence-corrected chi connectivity index (χ3v) is 5.60. The van der Waals surface area contributed by atoms with E-state index < -0.39 is 0 Å². The monoisotopic (exact) mass is 377 g/mol. The van der Waals surface area contributed by atoms with Gasteiger partial charge >= 0.3 is 0 Å². The summed E-state index contributed by atoms with van der Waals surface area (Å²) in [6.45, 7) is 0. The SMILES string of the molecule is COc1ccc(CCSc2nnc(Nc3ccccc3Cl)s2)cc1. The molecule has 1 N–H and O–H groups in total. The van der Waals surface area contributed by atoms with Gasteiger partial charge in [0.05, 0.1) is 17.8 Å². The first-order valence-electron chi connectivity index (χ1n) is 7.35. The van der Waals surface area contributed by atoms with Crippen LogP contribution in [-0.2, 0) is 6.42 Å². The molecule has 0 spiro atoms. The molecule has 1 heterocycles. The summed E-state index contributed by atoms with van der Waals surface area (Å²) in [5, 5.41) is 13.0. The molecular weight excluding hydrogens is 362 g/mol. The van der Waals surface area contributed by atoms with Crippen LogP contribution in [0.4, 0.5) is 10.8 Å². The Morgan fingerprint density at radius 2 is 1.92 bits per heavy atom. The number of ether oxygens (including phenoxy) is 1. The van der Waals surface area contributed by atoms with E-state index in [4.69, 9.17) is 16.3 Å². The van der Waals surface area contributed by atoms with Crippen molar-refractivity contribution in [3.05, 3.63) is 59.1 Å². The first-order chi connectivity index (χ1) is 11.7. The highest BCUT2D eigenvalue weighted by atomic mass is 35.5. The second-order valence-corrected chi connectivity index (χ2v) is 7.65. The van der Waals surface area contributed by atoms with Crippen LogP contribution in [0.15, 0.2) is 52.9 Å². The van der Waals surface area contributed by atoms with Crippen LogP contribution >= 0.6 is 34.7 Å². The van der Waals surface area contributed by atoms with Gasteiger partial charge < -0.3 is 10.1 Å². The highest BCUT2D eigenvalue weighted by molar-refractivity contribution is 8.01. The molecule has 0 aliphatic heterocycles. The van der Waals surface area contributed by atoms with Gasteiger partial charge in [0.25, 0.3) is 0 Å². The number of thioether (sulfide) groups is 1. The van der Waals surface area contributed by atoms with Gasteiger partial charge in [0.15, 0.2) is 4.34 Å². The molecule has 0 fully saturated rings. The molecule has 0 saturated carbocycles. The van der Waals surface area contributed by atoms with E-state index in [1.54, 1.807) is 18.9 Å². The van der Waals surface area contributed by atoms with Crippen molar-refractivity contribution in [1.29, 1.82) is 0 Å². The molecule has 2 aromatic carbocycles. The number of aryl methyl sites for hydroxylation is 1. The molecule has 0 bridgehead atoms. The molecule has 7 heteroatoms. The Hall–Kier alpha value is -1.76. The maximum atomic E-state index is 6.13. The first-order valence-corrected chi connectivity index (χ1v) is 9.53. The number of anilines is 2. The zero-order chi connectivity index (χ0) is 16.8. The van der Waals surface area contributed by atoms with E-state index in [1.165, 1.54) is 16.9 Å². The van der Waals surface area contributed by atoms with Crippen LogP contribution < -0.4 is 10.1 Å². The van der Waals surface area contributed by atoms with Crippen molar-refractivity contribution in [2.75, 3.05) is 18.2 Å². The predicted octanol–water partition coefficient (Wildman–Crippen LogP) is 5.28. The number of rotatable bonds is 7. The summed E-state index contributed by atoms with van der Waals surface area (Å²) >= 11 is 9.36. The summed E-state index contributed by atoms with van der Waals surface area (Å²) < 4.78 is 6.11. The van der Waals surface area contributed by atoms with E-state index in [0.717, 1.165) is 33.1 Å². The number of aromatic nitrogens is 2. The van der Waals surface area contributed by atoms with Gasteiger partial charge in [-0.3, -0.25) is 0 Å². The van der Waals surface area contributed by atoms with Crippen molar-refractivity contribution in [3.63, 3.8) is 0 Å². The largest absolute Gasteiger partial charge is 0.497 e. The Morgan fingerprint density at radius 1 is 1.12 bits per heavy atom. The zero-order valence-corrected chi connectivity index (χ0v) is 15.4. The van der Waals surface area contributed by atoms with Gasteiger partial charge in [-0.2, -0.15) is 0 Å². The van der Waals surface area contributed by atoms with Gasteiger partial charge in [-0.1, -0.05) is 59.0 Å². The second-order valence-electron chi connectivity index (χ2n) is 4.92. The third-order valence-electron chi connectivity index (χ3n) is 3.30. The molecule has 3 aromatic rings. The Balaban J connectivity index is 1.51. The molecule has 0 atom stereocenters. The van der Waals surface area contributed by atoms with E-state index in [9.17, 15) is 0 Å². The van der Waals surface area contributed by atoms with Crippen molar-refractivity contribution >= 4 is 45.5 Å². The molecule has 24 heavy (non-hydrogen) atoms. The Bertz CT molecular complexity index is 793. The Kier molecular flexibility index (Phi) is 5.96. The minimum absolute atomic E-state index is 0.668. The average Bonchev–Trinajstić information content (AvgIpc) is 3.05. The molecule has 0 unspecified atom stereocenters. The molecule has 0 saturated heterocycles. The fraction of sp³-hybridized carbons (Fsp3) is 0.176. The third kappa shape index (κ3) is 4.63. The zero-order valence-electron chi connectivity index (χ0n) is 13.0. The van der Waals surface area contributed by atoms with E-state index in [2.05, 4.69) is 27.6 Å². The van der Waals surface area contributed by atoms with E-state index in [-0.39, 0.29) is 0 Å². The molecule has 1 aromatic heterocycles. The fourth-order valence-corrected chi connectivity index (χ4v) is 4.05. The van der Waals surface area contributed by atoms with Crippen LogP contribution in [0.2, 0.25) is 5.02 Å². The number of hydrogen-bond acceptors (Lipinski definition) is 6. The Morgan fingerprint density at radius 3 is 2.67 bits per heavy atom. The maximum absolute atomic E-state index is 6.13. The summed E-state index contributed by atoms with van der Waals surface area (Å²) in [4.78, 5) is 0. The topological polar surface area (TPSA) is 47.0 Å². The van der Waals surface area contributed by atoms with E-state index in [0.29, 0.717) is 5.02 Å². The van der Waals surface area contributed by atoms with Crippen molar-refractivity contribution in [2.45, 2.75) is 10.8 Å². The molecule has 4 nitrogen and oxygen atoms in total. The van der Waals surface area contributed by atoms with Crippen LogP contribution in [0, 0.1) is 0 Å². The lowest BCUT2D eigenvalue weighted by atomic mass is 10.2. The number of benzene rings is 2. The molecule has 0 aliphatic rings. The van der Waals surface area contributed by atoms with Crippen molar-refractivity contribution in [3.8, 4) is 5.75 Å².